The lowest BCUT2D eigenvalue weighted by Crippen LogP contribution is -2.32. The Labute approximate surface area is 194 Å². The Morgan fingerprint density at radius 3 is 2.79 bits per heavy atom. The first-order chi connectivity index (χ1) is 16.5. The van der Waals surface area contributed by atoms with E-state index in [1.54, 1.807) is 48.8 Å². The lowest BCUT2D eigenvalue weighted by Gasteiger charge is -2.20. The average Bonchev–Trinajstić information content (AvgIpc) is 3.32. The second-order valence-corrected chi connectivity index (χ2v) is 7.54. The van der Waals surface area contributed by atoms with E-state index < -0.39 is 12.7 Å². The number of alkyl halides is 2. The normalized spacial score (nSPS) is 13.3. The van der Waals surface area contributed by atoms with Gasteiger partial charge in [0.25, 0.3) is 5.91 Å². The zero-order chi connectivity index (χ0) is 23.9. The van der Waals surface area contributed by atoms with Crippen LogP contribution in [0.1, 0.15) is 22.3 Å². The average molecular weight is 470 g/mol. The summed E-state index contributed by atoms with van der Waals surface area (Å²) in [6.07, 6.45) is 3.09. The van der Waals surface area contributed by atoms with Gasteiger partial charge in [-0.2, -0.15) is 8.78 Å². The number of rotatable bonds is 10. The van der Waals surface area contributed by atoms with E-state index in [2.05, 4.69) is 25.6 Å². The van der Waals surface area contributed by atoms with E-state index in [9.17, 15) is 13.6 Å². The molecule has 0 fully saturated rings. The number of fused-ring (bicyclic) bond motifs is 1. The third-order valence-electron chi connectivity index (χ3n) is 5.26. The molecule has 0 radical (unpaired) electrons. The van der Waals surface area contributed by atoms with Crippen LogP contribution < -0.4 is 21.1 Å². The van der Waals surface area contributed by atoms with E-state index in [1.807, 2.05) is 0 Å². The predicted molar refractivity (Wildman–Crippen MR) is 122 cm³/mol. The van der Waals surface area contributed by atoms with Crippen LogP contribution in [0.3, 0.4) is 0 Å². The maximum atomic E-state index is 13.0. The number of hydrogen-bond donors (Lipinski definition) is 3. The number of pyridine rings is 1. The maximum Gasteiger partial charge on any atom is 0.345 e. The monoisotopic (exact) mass is 470 g/mol. The first-order valence-corrected chi connectivity index (χ1v) is 10.8. The van der Waals surface area contributed by atoms with E-state index in [1.165, 1.54) is 0 Å². The Balaban J connectivity index is 1.40. The highest BCUT2D eigenvalue weighted by molar-refractivity contribution is 5.94. The first kappa shape index (κ1) is 23.3. The second kappa shape index (κ2) is 10.8. The van der Waals surface area contributed by atoms with Crippen LogP contribution in [0, 0.1) is 0 Å². The summed E-state index contributed by atoms with van der Waals surface area (Å²) in [4.78, 5) is 24.7. The molecular weight excluding hydrogens is 446 g/mol. The largest absolute Gasteiger partial charge is 0.492 e. The van der Waals surface area contributed by atoms with Crippen molar-refractivity contribution in [1.82, 2.24) is 20.3 Å². The number of nitrogen functional groups attached to an aromatic ring is 1. The van der Waals surface area contributed by atoms with Crippen molar-refractivity contribution in [1.29, 1.82) is 0 Å². The lowest BCUT2D eigenvalue weighted by atomic mass is 10.1. The standard InChI is InChI=1S/C23H24F2N6O3/c24-22(25)34-15(6-9-27-21(32)14-4-2-1-3-5-14)12-29-20-16-8-11-33-19(16)17(13-30-20)18-7-10-28-23(26)31-18/h1-5,7,10,13,15,22H,6,8-9,11-12H2,(H,27,32)(H,29,30)(H2,26,28,31). The van der Waals surface area contributed by atoms with E-state index in [0.717, 1.165) is 5.56 Å². The van der Waals surface area contributed by atoms with Gasteiger partial charge < -0.3 is 25.8 Å². The minimum absolute atomic E-state index is 0.0742. The fourth-order valence-corrected chi connectivity index (χ4v) is 3.66. The van der Waals surface area contributed by atoms with Gasteiger partial charge in [-0.1, -0.05) is 18.2 Å². The molecule has 3 aromatic rings. The number of nitrogens with zero attached hydrogens (tertiary/aromatic N) is 3. The molecule has 1 aliphatic rings. The quantitative estimate of drug-likeness (QED) is 0.413. The Morgan fingerprint density at radius 1 is 1.21 bits per heavy atom. The zero-order valence-electron chi connectivity index (χ0n) is 18.2. The van der Waals surface area contributed by atoms with Gasteiger partial charge in [-0.05, 0) is 24.6 Å². The number of amides is 1. The summed E-state index contributed by atoms with van der Waals surface area (Å²) in [7, 11) is 0. The van der Waals surface area contributed by atoms with E-state index in [-0.39, 0.29) is 31.4 Å². The number of benzene rings is 1. The third kappa shape index (κ3) is 5.73. The third-order valence-corrected chi connectivity index (χ3v) is 5.26. The van der Waals surface area contributed by atoms with Gasteiger partial charge in [0.2, 0.25) is 5.95 Å². The van der Waals surface area contributed by atoms with Crippen molar-refractivity contribution in [3.63, 3.8) is 0 Å². The summed E-state index contributed by atoms with van der Waals surface area (Å²) in [5.74, 6) is 1.01. The van der Waals surface area contributed by atoms with Crippen LogP contribution in [0.4, 0.5) is 20.5 Å². The van der Waals surface area contributed by atoms with Crippen molar-refractivity contribution in [3.05, 3.63) is 59.9 Å². The minimum atomic E-state index is -2.94. The van der Waals surface area contributed by atoms with Crippen molar-refractivity contribution in [2.75, 3.05) is 30.7 Å². The highest BCUT2D eigenvalue weighted by atomic mass is 19.3. The molecule has 11 heteroatoms. The molecule has 34 heavy (non-hydrogen) atoms. The molecule has 2 aromatic heterocycles. The van der Waals surface area contributed by atoms with Crippen molar-refractivity contribution >= 4 is 17.7 Å². The van der Waals surface area contributed by atoms with Crippen LogP contribution in [0.5, 0.6) is 5.75 Å². The number of ether oxygens (including phenoxy) is 2. The smallest absolute Gasteiger partial charge is 0.345 e. The molecular formula is C23H24F2N6O3. The van der Waals surface area contributed by atoms with Crippen LogP contribution >= 0.6 is 0 Å². The van der Waals surface area contributed by atoms with Gasteiger partial charge in [-0.15, -0.1) is 0 Å². The van der Waals surface area contributed by atoms with Crippen LogP contribution in [0.15, 0.2) is 48.8 Å². The number of carbonyl (C=O) groups is 1. The minimum Gasteiger partial charge on any atom is -0.492 e. The molecule has 0 saturated heterocycles. The number of hydrogen-bond acceptors (Lipinski definition) is 8. The number of anilines is 2. The highest BCUT2D eigenvalue weighted by Crippen LogP contribution is 2.39. The molecule has 1 aliphatic heterocycles. The number of halogens is 2. The Kier molecular flexibility index (Phi) is 7.43. The van der Waals surface area contributed by atoms with E-state index >= 15 is 0 Å². The summed E-state index contributed by atoms with van der Waals surface area (Å²) in [5, 5.41) is 5.81. The molecule has 0 saturated carbocycles. The summed E-state index contributed by atoms with van der Waals surface area (Å²) in [6, 6.07) is 10.4. The predicted octanol–water partition coefficient (Wildman–Crippen LogP) is 2.90. The van der Waals surface area contributed by atoms with E-state index in [0.29, 0.717) is 41.4 Å². The Hall–Kier alpha value is -3.86. The summed E-state index contributed by atoms with van der Waals surface area (Å²) in [6.45, 7) is -2.23. The van der Waals surface area contributed by atoms with Crippen LogP contribution in [0.25, 0.3) is 11.3 Å². The zero-order valence-corrected chi connectivity index (χ0v) is 18.2. The molecule has 0 spiro atoms. The van der Waals surface area contributed by atoms with Gasteiger partial charge in [-0.25, -0.2) is 15.0 Å². The van der Waals surface area contributed by atoms with Gasteiger partial charge in [0.05, 0.1) is 24.0 Å². The van der Waals surface area contributed by atoms with Crippen LogP contribution in [0.2, 0.25) is 0 Å². The summed E-state index contributed by atoms with van der Waals surface area (Å²) in [5.41, 5.74) is 8.26. The highest BCUT2D eigenvalue weighted by Gasteiger charge is 2.24. The molecule has 178 valence electrons. The number of aromatic nitrogens is 3. The fraction of sp³-hybridized carbons (Fsp3) is 0.304. The van der Waals surface area contributed by atoms with Crippen molar-refractivity contribution < 1.29 is 23.0 Å². The number of nitrogens with one attached hydrogen (secondary N) is 2. The fourth-order valence-electron chi connectivity index (χ4n) is 3.66. The maximum absolute atomic E-state index is 13.0. The van der Waals surface area contributed by atoms with Gasteiger partial charge in [0.15, 0.2) is 0 Å². The van der Waals surface area contributed by atoms with Gasteiger partial charge >= 0.3 is 6.61 Å². The SMILES string of the molecule is Nc1nccc(-c2cnc(NCC(CCNC(=O)c3ccccc3)OC(F)F)c3c2OCC3)n1. The number of carbonyl (C=O) groups excluding carboxylic acids is 1. The summed E-state index contributed by atoms with van der Waals surface area (Å²) >= 11 is 0. The molecule has 4 N–H and O–H groups in total. The summed E-state index contributed by atoms with van der Waals surface area (Å²) < 4.78 is 36.5. The van der Waals surface area contributed by atoms with E-state index in [4.69, 9.17) is 15.2 Å². The van der Waals surface area contributed by atoms with Gasteiger partial charge in [0, 0.05) is 43.0 Å². The van der Waals surface area contributed by atoms with Crippen molar-refractivity contribution in [2.45, 2.75) is 25.6 Å². The van der Waals surface area contributed by atoms with Crippen molar-refractivity contribution in [2.24, 2.45) is 0 Å². The van der Waals surface area contributed by atoms with Crippen LogP contribution in [-0.2, 0) is 11.2 Å². The molecule has 4 rings (SSSR count). The molecule has 1 unspecified atom stereocenters. The Bertz CT molecular complexity index is 1130. The first-order valence-electron chi connectivity index (χ1n) is 10.8. The number of nitrogens with two attached hydrogens (primary N) is 1. The second-order valence-electron chi connectivity index (χ2n) is 7.54. The van der Waals surface area contributed by atoms with Gasteiger partial charge in [0.1, 0.15) is 11.6 Å². The Morgan fingerprint density at radius 2 is 2.03 bits per heavy atom. The molecule has 0 aliphatic carbocycles. The van der Waals surface area contributed by atoms with Gasteiger partial charge in [-0.3, -0.25) is 4.79 Å². The molecule has 3 heterocycles. The topological polar surface area (TPSA) is 124 Å². The van der Waals surface area contributed by atoms with Crippen molar-refractivity contribution in [3.8, 4) is 17.0 Å². The molecule has 1 atom stereocenters. The van der Waals surface area contributed by atoms with Crippen LogP contribution in [-0.4, -0.2) is 53.3 Å². The lowest BCUT2D eigenvalue weighted by molar-refractivity contribution is -0.159. The molecule has 0 bridgehead atoms. The molecule has 9 nitrogen and oxygen atoms in total. The molecule has 1 amide bonds. The molecule has 1 aromatic carbocycles.